The first-order chi connectivity index (χ1) is 12.3. The number of benzene rings is 1. The van der Waals surface area contributed by atoms with Gasteiger partial charge in [0.2, 0.25) is 5.95 Å². The van der Waals surface area contributed by atoms with Gasteiger partial charge in [0, 0.05) is 29.9 Å². The van der Waals surface area contributed by atoms with Gasteiger partial charge in [-0.1, -0.05) is 0 Å². The number of rotatable bonds is 4. The molecule has 136 valence electrons. The van der Waals surface area contributed by atoms with Gasteiger partial charge in [0.25, 0.3) is 5.56 Å². The number of hydrogen-bond donors (Lipinski definition) is 1. The molecule has 0 atom stereocenters. The van der Waals surface area contributed by atoms with Crippen LogP contribution >= 0.6 is 15.9 Å². The van der Waals surface area contributed by atoms with E-state index in [2.05, 4.69) is 36.0 Å². The Morgan fingerprint density at radius 2 is 2.04 bits per heavy atom. The lowest BCUT2D eigenvalue weighted by Crippen LogP contribution is -2.19. The molecule has 0 saturated carbocycles. The molecule has 0 saturated heterocycles. The predicted molar refractivity (Wildman–Crippen MR) is 93.6 cm³/mol. The first-order valence-corrected chi connectivity index (χ1v) is 8.25. The zero-order valence-corrected chi connectivity index (χ0v) is 14.9. The van der Waals surface area contributed by atoms with E-state index in [4.69, 9.17) is 0 Å². The average molecular weight is 429 g/mol. The first-order valence-electron chi connectivity index (χ1n) is 7.46. The topological polar surface area (TPSA) is 69.0 Å². The molecule has 1 N–H and O–H groups in total. The highest BCUT2D eigenvalue weighted by Crippen LogP contribution is 2.33. The van der Waals surface area contributed by atoms with Crippen LogP contribution in [0.15, 0.2) is 45.8 Å². The van der Waals surface area contributed by atoms with Crippen molar-refractivity contribution < 1.29 is 17.9 Å². The monoisotopic (exact) mass is 428 g/mol. The molecular formula is C16H12BrF3N4O2. The van der Waals surface area contributed by atoms with E-state index in [0.29, 0.717) is 23.3 Å². The van der Waals surface area contributed by atoms with E-state index in [1.165, 1.54) is 28.8 Å². The van der Waals surface area contributed by atoms with Crippen LogP contribution < -0.4 is 15.6 Å². The van der Waals surface area contributed by atoms with Crippen LogP contribution in [-0.4, -0.2) is 20.9 Å². The summed E-state index contributed by atoms with van der Waals surface area (Å²) in [6, 6.07) is 7.05. The number of alkyl halides is 3. The van der Waals surface area contributed by atoms with Gasteiger partial charge in [-0.15, -0.1) is 13.2 Å². The van der Waals surface area contributed by atoms with Gasteiger partial charge in [-0.3, -0.25) is 9.36 Å². The van der Waals surface area contributed by atoms with Gasteiger partial charge in [-0.2, -0.15) is 4.98 Å². The lowest BCUT2D eigenvalue weighted by molar-refractivity contribution is -0.274. The Bertz CT molecular complexity index is 1020. The number of hydrogen-bond acceptors (Lipinski definition) is 5. The third-order valence-electron chi connectivity index (χ3n) is 3.45. The SMILES string of the molecule is CCn1c(=O)ccc2cnc(Nc3ccc(OC(F)(F)F)c(Br)c3)nc21. The maximum absolute atomic E-state index is 12.3. The van der Waals surface area contributed by atoms with E-state index in [-0.39, 0.29) is 21.7 Å². The summed E-state index contributed by atoms with van der Waals surface area (Å²) in [7, 11) is 0. The Kier molecular flexibility index (Phi) is 4.86. The molecule has 10 heteroatoms. The second-order valence-electron chi connectivity index (χ2n) is 5.21. The summed E-state index contributed by atoms with van der Waals surface area (Å²) in [5.74, 6) is -0.149. The Morgan fingerprint density at radius 3 is 2.69 bits per heavy atom. The molecule has 0 aliphatic rings. The number of halogens is 4. The molecule has 0 spiro atoms. The minimum absolute atomic E-state index is 0.117. The molecule has 0 amide bonds. The van der Waals surface area contributed by atoms with Crippen LogP contribution in [-0.2, 0) is 6.54 Å². The van der Waals surface area contributed by atoms with E-state index in [1.807, 2.05) is 6.92 Å². The number of nitrogens with one attached hydrogen (secondary N) is 1. The molecule has 3 rings (SSSR count). The van der Waals surface area contributed by atoms with E-state index in [0.717, 1.165) is 0 Å². The number of ether oxygens (including phenoxy) is 1. The van der Waals surface area contributed by atoms with Crippen molar-refractivity contribution in [3.8, 4) is 5.75 Å². The van der Waals surface area contributed by atoms with Crippen LogP contribution in [0.1, 0.15) is 6.92 Å². The van der Waals surface area contributed by atoms with Crippen LogP contribution in [0.25, 0.3) is 11.0 Å². The largest absolute Gasteiger partial charge is 0.573 e. The molecule has 0 bridgehead atoms. The van der Waals surface area contributed by atoms with Gasteiger partial charge >= 0.3 is 6.36 Å². The average Bonchev–Trinajstić information content (AvgIpc) is 2.56. The van der Waals surface area contributed by atoms with Crippen LogP contribution in [0, 0.1) is 0 Å². The van der Waals surface area contributed by atoms with E-state index >= 15 is 0 Å². The number of aryl methyl sites for hydroxylation is 1. The number of pyridine rings is 1. The number of aromatic nitrogens is 3. The molecule has 26 heavy (non-hydrogen) atoms. The zero-order valence-electron chi connectivity index (χ0n) is 13.3. The van der Waals surface area contributed by atoms with Crippen molar-refractivity contribution in [2.45, 2.75) is 19.8 Å². The number of fused-ring (bicyclic) bond motifs is 1. The van der Waals surface area contributed by atoms with E-state index in [1.54, 1.807) is 12.3 Å². The van der Waals surface area contributed by atoms with Crippen molar-refractivity contribution in [1.29, 1.82) is 0 Å². The van der Waals surface area contributed by atoms with Crippen LogP contribution in [0.2, 0.25) is 0 Å². The predicted octanol–water partition coefficient (Wildman–Crippen LogP) is 4.22. The third-order valence-corrected chi connectivity index (χ3v) is 4.07. The Hall–Kier alpha value is -2.62. The Balaban J connectivity index is 1.91. The summed E-state index contributed by atoms with van der Waals surface area (Å²) in [4.78, 5) is 20.4. The van der Waals surface area contributed by atoms with E-state index in [9.17, 15) is 18.0 Å². The molecule has 6 nitrogen and oxygen atoms in total. The maximum atomic E-state index is 12.3. The molecule has 0 unspecified atom stereocenters. The molecule has 0 aliphatic carbocycles. The highest BCUT2D eigenvalue weighted by atomic mass is 79.9. The van der Waals surface area contributed by atoms with Crippen LogP contribution in [0.4, 0.5) is 24.8 Å². The van der Waals surface area contributed by atoms with Crippen LogP contribution in [0.5, 0.6) is 5.75 Å². The molecular weight excluding hydrogens is 417 g/mol. The number of nitrogens with zero attached hydrogens (tertiary/aromatic N) is 3. The summed E-state index contributed by atoms with van der Waals surface area (Å²) in [6.45, 7) is 2.27. The molecule has 0 aliphatic heterocycles. The summed E-state index contributed by atoms with van der Waals surface area (Å²) < 4.78 is 42.5. The summed E-state index contributed by atoms with van der Waals surface area (Å²) in [6.07, 6.45) is -3.21. The first kappa shape index (κ1) is 18.2. The number of anilines is 2. The molecule has 0 radical (unpaired) electrons. The zero-order chi connectivity index (χ0) is 18.9. The van der Waals surface area contributed by atoms with Crippen molar-refractivity contribution in [1.82, 2.24) is 14.5 Å². The van der Waals surface area contributed by atoms with Gasteiger partial charge in [0.15, 0.2) is 0 Å². The Labute approximate surface area is 153 Å². The summed E-state index contributed by atoms with van der Waals surface area (Å²) >= 11 is 3.03. The van der Waals surface area contributed by atoms with Gasteiger partial charge in [-0.05, 0) is 47.1 Å². The highest BCUT2D eigenvalue weighted by molar-refractivity contribution is 9.10. The highest BCUT2D eigenvalue weighted by Gasteiger charge is 2.31. The fourth-order valence-electron chi connectivity index (χ4n) is 2.35. The maximum Gasteiger partial charge on any atom is 0.573 e. The lowest BCUT2D eigenvalue weighted by Gasteiger charge is -2.12. The minimum Gasteiger partial charge on any atom is -0.405 e. The third kappa shape index (κ3) is 3.96. The van der Waals surface area contributed by atoms with Crippen molar-refractivity contribution in [2.75, 3.05) is 5.32 Å². The molecule has 2 aromatic heterocycles. The Morgan fingerprint density at radius 1 is 1.27 bits per heavy atom. The minimum atomic E-state index is -4.78. The molecule has 3 aromatic rings. The van der Waals surface area contributed by atoms with Crippen molar-refractivity contribution in [3.05, 3.63) is 51.4 Å². The van der Waals surface area contributed by atoms with Gasteiger partial charge < -0.3 is 10.1 Å². The van der Waals surface area contributed by atoms with Gasteiger partial charge in [0.1, 0.15) is 11.4 Å². The van der Waals surface area contributed by atoms with Crippen molar-refractivity contribution in [3.63, 3.8) is 0 Å². The summed E-state index contributed by atoms with van der Waals surface area (Å²) in [5, 5.41) is 3.59. The van der Waals surface area contributed by atoms with Gasteiger partial charge in [-0.25, -0.2) is 4.98 Å². The second kappa shape index (κ2) is 6.94. The quantitative estimate of drug-likeness (QED) is 0.673. The molecule has 2 heterocycles. The van der Waals surface area contributed by atoms with Crippen molar-refractivity contribution >= 4 is 38.6 Å². The van der Waals surface area contributed by atoms with E-state index < -0.39 is 6.36 Å². The smallest absolute Gasteiger partial charge is 0.405 e. The standard InChI is InChI=1S/C16H12BrF3N4O2/c1-2-24-13(25)6-3-9-8-21-15(23-14(9)24)22-10-4-5-12(11(17)7-10)26-16(18,19)20/h3-8H,2H2,1H3,(H,21,22,23). The summed E-state index contributed by atoms with van der Waals surface area (Å²) in [5.41, 5.74) is 0.738. The lowest BCUT2D eigenvalue weighted by atomic mass is 10.3. The molecule has 1 aromatic carbocycles. The fourth-order valence-corrected chi connectivity index (χ4v) is 2.81. The van der Waals surface area contributed by atoms with Crippen molar-refractivity contribution in [2.24, 2.45) is 0 Å². The normalized spacial score (nSPS) is 11.6. The van der Waals surface area contributed by atoms with Gasteiger partial charge in [0.05, 0.1) is 4.47 Å². The molecule has 0 fully saturated rings. The second-order valence-corrected chi connectivity index (χ2v) is 6.06. The fraction of sp³-hybridized carbons (Fsp3) is 0.188. The van der Waals surface area contributed by atoms with Crippen LogP contribution in [0.3, 0.4) is 0 Å².